The number of aliphatic hydroxyl groups is 1. The van der Waals surface area contributed by atoms with Crippen LogP contribution in [0, 0.1) is 11.6 Å². The molecule has 0 bridgehead atoms. The van der Waals surface area contributed by atoms with Gasteiger partial charge in [0.1, 0.15) is 11.6 Å². The van der Waals surface area contributed by atoms with Crippen molar-refractivity contribution in [2.45, 2.75) is 70.0 Å². The molecule has 0 radical (unpaired) electrons. The quantitative estimate of drug-likeness (QED) is 0.106. The Kier molecular flexibility index (Phi) is 20.4. The Hall–Kier alpha value is -3.17. The molecule has 2 atom stereocenters. The van der Waals surface area contributed by atoms with Crippen LogP contribution in [-0.2, 0) is 29.4 Å². The minimum Gasteiger partial charge on any atom is -0.390 e. The Labute approximate surface area is 313 Å². The number of carbonyl (C=O) groups excluding carboxylic acids is 2. The fourth-order valence-electron chi connectivity index (χ4n) is 5.42. The van der Waals surface area contributed by atoms with Gasteiger partial charge in [0.25, 0.3) is 11.8 Å². The molecule has 0 spiro atoms. The zero-order chi connectivity index (χ0) is 36.0. The van der Waals surface area contributed by atoms with Crippen LogP contribution < -0.4 is 20.7 Å². The lowest BCUT2D eigenvalue weighted by atomic mass is 9.99. The SMILES string of the molecule is CCCN(CCC)C(=O)c1cc(C(=O)N[C@@H](Cc2cc(F)cc(F)c2)[C@H](O)CNCc2cccc(CC)c2)cc(S(=O)(=O)NCCNC)c1.Cl.Cl. The first kappa shape index (κ1) is 45.9. The van der Waals surface area contributed by atoms with Crippen LogP contribution in [0.1, 0.15) is 71.0 Å². The first-order valence-corrected chi connectivity index (χ1v) is 18.2. The van der Waals surface area contributed by atoms with Gasteiger partial charge in [-0.25, -0.2) is 21.9 Å². The molecule has 10 nitrogen and oxygen atoms in total. The third kappa shape index (κ3) is 14.4. The average Bonchev–Trinajstić information content (AvgIpc) is 3.07. The number of aliphatic hydroxyl groups excluding tert-OH is 1. The van der Waals surface area contributed by atoms with Crippen molar-refractivity contribution in [1.82, 2.24) is 25.6 Å². The number of likely N-dealkylation sites (N-methyl/N-ethyl adjacent to an activating group) is 1. The van der Waals surface area contributed by atoms with Gasteiger partial charge in [-0.15, -0.1) is 24.8 Å². The highest BCUT2D eigenvalue weighted by molar-refractivity contribution is 7.89. The van der Waals surface area contributed by atoms with Crippen molar-refractivity contribution < 1.29 is 31.9 Å². The van der Waals surface area contributed by atoms with Crippen molar-refractivity contribution in [1.29, 1.82) is 0 Å². The van der Waals surface area contributed by atoms with Gasteiger partial charge in [0.2, 0.25) is 10.0 Å². The summed E-state index contributed by atoms with van der Waals surface area (Å²) >= 11 is 0. The Morgan fingerprint density at radius 1 is 0.843 bits per heavy atom. The Bertz CT molecular complexity index is 1640. The van der Waals surface area contributed by atoms with Gasteiger partial charge in [-0.2, -0.15) is 0 Å². The molecule has 0 aromatic heterocycles. The van der Waals surface area contributed by atoms with E-state index in [9.17, 15) is 31.9 Å². The van der Waals surface area contributed by atoms with Crippen molar-refractivity contribution >= 4 is 46.7 Å². The van der Waals surface area contributed by atoms with E-state index in [0.717, 1.165) is 35.7 Å². The fraction of sp³-hybridized carbons (Fsp3) is 0.444. The highest BCUT2D eigenvalue weighted by Crippen LogP contribution is 2.19. The maximum Gasteiger partial charge on any atom is 0.253 e. The van der Waals surface area contributed by atoms with Gasteiger partial charge in [0, 0.05) is 56.5 Å². The number of benzene rings is 3. The van der Waals surface area contributed by atoms with Gasteiger partial charge in [-0.1, -0.05) is 45.0 Å². The standard InChI is InChI=1S/C36H49F2N5O5S.2ClH/c1-5-13-43(14-6-2)36(46)29-19-28(20-32(21-29)49(47,48)41-12-11-39-4)35(45)42-33(18-27-16-30(37)22-31(38)17-27)34(44)24-40-23-26-10-8-9-25(7-3)15-26;;/h8-10,15-17,19-22,33-34,39-41,44H,5-7,11-14,18,23-24H2,1-4H3,(H,42,45);2*1H/t33-,34+;;/m0../s1. The van der Waals surface area contributed by atoms with E-state index in [1.165, 1.54) is 18.2 Å². The van der Waals surface area contributed by atoms with E-state index >= 15 is 0 Å². The van der Waals surface area contributed by atoms with Crippen molar-refractivity contribution in [2.24, 2.45) is 0 Å². The summed E-state index contributed by atoms with van der Waals surface area (Å²) in [5, 5.41) is 20.1. The Morgan fingerprint density at radius 2 is 1.47 bits per heavy atom. The molecule has 0 saturated heterocycles. The smallest absolute Gasteiger partial charge is 0.253 e. The second-order valence-electron chi connectivity index (χ2n) is 12.0. The molecule has 5 N–H and O–H groups in total. The number of carbonyl (C=O) groups is 2. The van der Waals surface area contributed by atoms with E-state index in [1.54, 1.807) is 11.9 Å². The van der Waals surface area contributed by atoms with E-state index in [4.69, 9.17) is 0 Å². The van der Waals surface area contributed by atoms with Gasteiger partial charge < -0.3 is 26.0 Å². The first-order valence-electron chi connectivity index (χ1n) is 16.7. The molecular weight excluding hydrogens is 723 g/mol. The monoisotopic (exact) mass is 773 g/mol. The number of halogens is 4. The van der Waals surface area contributed by atoms with E-state index in [0.29, 0.717) is 39.0 Å². The molecule has 284 valence electrons. The molecule has 3 aromatic rings. The predicted octanol–water partition coefficient (Wildman–Crippen LogP) is 4.62. The molecule has 0 fully saturated rings. The fourth-order valence-corrected chi connectivity index (χ4v) is 6.53. The zero-order valence-corrected chi connectivity index (χ0v) is 32.0. The summed E-state index contributed by atoms with van der Waals surface area (Å²) in [5.74, 6) is -2.80. The van der Waals surface area contributed by atoms with Crippen LogP contribution in [-0.4, -0.2) is 82.2 Å². The topological polar surface area (TPSA) is 140 Å². The van der Waals surface area contributed by atoms with Gasteiger partial charge in [-0.05, 0) is 79.8 Å². The lowest BCUT2D eigenvalue weighted by Crippen LogP contribution is -2.48. The number of rotatable bonds is 20. The normalized spacial score (nSPS) is 12.3. The summed E-state index contributed by atoms with van der Waals surface area (Å²) in [4.78, 5) is 28.8. The molecule has 51 heavy (non-hydrogen) atoms. The summed E-state index contributed by atoms with van der Waals surface area (Å²) in [6.45, 7) is 7.67. The highest BCUT2D eigenvalue weighted by atomic mass is 35.5. The number of nitrogens with zero attached hydrogens (tertiary/aromatic N) is 1. The number of nitrogens with one attached hydrogen (secondary N) is 4. The molecule has 3 rings (SSSR count). The van der Waals surface area contributed by atoms with E-state index < -0.39 is 45.6 Å². The minimum absolute atomic E-state index is 0. The first-order chi connectivity index (χ1) is 23.4. The van der Waals surface area contributed by atoms with E-state index in [1.807, 2.05) is 38.1 Å². The Morgan fingerprint density at radius 3 is 2.08 bits per heavy atom. The van der Waals surface area contributed by atoms with Crippen LogP contribution in [0.4, 0.5) is 8.78 Å². The summed E-state index contributed by atoms with van der Waals surface area (Å²) < 4.78 is 57.2. The van der Waals surface area contributed by atoms with Crippen molar-refractivity contribution in [3.63, 3.8) is 0 Å². The maximum atomic E-state index is 14.1. The lowest BCUT2D eigenvalue weighted by Gasteiger charge is -2.26. The molecule has 0 saturated carbocycles. The number of aryl methyl sites for hydroxylation is 1. The second kappa shape index (κ2) is 22.7. The minimum atomic E-state index is -4.12. The molecule has 0 unspecified atom stereocenters. The molecular formula is C36H51Cl2F2N5O5S. The molecule has 3 aromatic carbocycles. The van der Waals surface area contributed by atoms with Crippen LogP contribution in [0.25, 0.3) is 0 Å². The van der Waals surface area contributed by atoms with Gasteiger partial charge in [0.05, 0.1) is 17.0 Å². The van der Waals surface area contributed by atoms with Crippen molar-refractivity contribution in [2.75, 3.05) is 39.8 Å². The summed E-state index contributed by atoms with van der Waals surface area (Å²) in [5.41, 5.74) is 2.25. The van der Waals surface area contributed by atoms with Crippen LogP contribution in [0.3, 0.4) is 0 Å². The van der Waals surface area contributed by atoms with Crippen molar-refractivity contribution in [3.05, 3.63) is 100 Å². The van der Waals surface area contributed by atoms with E-state index in [-0.39, 0.29) is 65.9 Å². The van der Waals surface area contributed by atoms with Gasteiger partial charge >= 0.3 is 0 Å². The third-order valence-corrected chi connectivity index (χ3v) is 9.35. The van der Waals surface area contributed by atoms with Crippen LogP contribution in [0.2, 0.25) is 0 Å². The highest BCUT2D eigenvalue weighted by Gasteiger charge is 2.26. The third-order valence-electron chi connectivity index (χ3n) is 7.91. The molecule has 15 heteroatoms. The van der Waals surface area contributed by atoms with Crippen molar-refractivity contribution in [3.8, 4) is 0 Å². The number of sulfonamides is 1. The zero-order valence-electron chi connectivity index (χ0n) is 29.5. The number of hydrogen-bond acceptors (Lipinski definition) is 7. The van der Waals surface area contributed by atoms with E-state index in [2.05, 4.69) is 27.6 Å². The van der Waals surface area contributed by atoms with Gasteiger partial charge in [-0.3, -0.25) is 9.59 Å². The maximum absolute atomic E-state index is 14.1. The second-order valence-corrected chi connectivity index (χ2v) is 13.7. The molecule has 2 amide bonds. The molecule has 0 aliphatic heterocycles. The Balaban J connectivity index is 0.00000650. The molecule has 0 heterocycles. The largest absolute Gasteiger partial charge is 0.390 e. The predicted molar refractivity (Wildman–Crippen MR) is 201 cm³/mol. The van der Waals surface area contributed by atoms with Crippen LogP contribution >= 0.6 is 24.8 Å². The number of hydrogen-bond donors (Lipinski definition) is 5. The molecule has 0 aliphatic rings. The summed E-state index contributed by atoms with van der Waals surface area (Å²) in [6.07, 6.45) is 0.879. The summed E-state index contributed by atoms with van der Waals surface area (Å²) in [7, 11) is -2.45. The number of amides is 2. The van der Waals surface area contributed by atoms with Gasteiger partial charge in [0.15, 0.2) is 0 Å². The molecule has 0 aliphatic carbocycles. The van der Waals surface area contributed by atoms with Crippen LogP contribution in [0.15, 0.2) is 65.6 Å². The lowest BCUT2D eigenvalue weighted by molar-refractivity contribution is 0.0755. The van der Waals surface area contributed by atoms with Crippen LogP contribution in [0.5, 0.6) is 0 Å². The summed E-state index contributed by atoms with van der Waals surface area (Å²) in [6, 6.07) is 13.6. The average molecular weight is 775 g/mol.